The van der Waals surface area contributed by atoms with Crippen LogP contribution in [-0.2, 0) is 9.59 Å². The third-order valence-electron chi connectivity index (χ3n) is 6.10. The summed E-state index contributed by atoms with van der Waals surface area (Å²) in [6.45, 7) is 3.58. The maximum absolute atomic E-state index is 13.2. The fourth-order valence-electron chi connectivity index (χ4n) is 4.33. The Labute approximate surface area is 188 Å². The van der Waals surface area contributed by atoms with E-state index in [-0.39, 0.29) is 17.7 Å². The molecule has 6 nitrogen and oxygen atoms in total. The lowest BCUT2D eigenvalue weighted by atomic mass is 10.1. The Balaban J connectivity index is 1.37. The minimum Gasteiger partial charge on any atom is -0.497 e. The van der Waals surface area contributed by atoms with Gasteiger partial charge in [-0.1, -0.05) is 0 Å². The van der Waals surface area contributed by atoms with Gasteiger partial charge in [0.15, 0.2) is 0 Å². The molecule has 0 aromatic heterocycles. The number of hydrogen-bond acceptors (Lipinski definition) is 5. The Kier molecular flexibility index (Phi) is 6.70. The molecule has 1 atom stereocenters. The van der Waals surface area contributed by atoms with Gasteiger partial charge in [0.2, 0.25) is 11.8 Å². The number of methoxy groups -OCH3 is 1. The van der Waals surface area contributed by atoms with Crippen LogP contribution in [0, 0.1) is 5.92 Å². The van der Waals surface area contributed by atoms with Crippen LogP contribution in [-0.4, -0.2) is 62.8 Å². The molecule has 0 radical (unpaired) electrons. The van der Waals surface area contributed by atoms with Crippen molar-refractivity contribution in [1.82, 2.24) is 4.90 Å². The van der Waals surface area contributed by atoms with Crippen molar-refractivity contribution >= 4 is 35.0 Å². The van der Waals surface area contributed by atoms with Crippen molar-refractivity contribution in [2.24, 2.45) is 5.92 Å². The molecule has 2 aliphatic heterocycles. The van der Waals surface area contributed by atoms with Crippen LogP contribution in [0.3, 0.4) is 0 Å². The van der Waals surface area contributed by atoms with Crippen LogP contribution in [0.25, 0.3) is 0 Å². The van der Waals surface area contributed by atoms with Gasteiger partial charge in [0.05, 0.1) is 13.0 Å². The van der Waals surface area contributed by atoms with E-state index in [4.69, 9.17) is 4.74 Å². The molecule has 2 fully saturated rings. The summed E-state index contributed by atoms with van der Waals surface area (Å²) >= 11 is 1.67. The first-order chi connectivity index (χ1) is 15.1. The van der Waals surface area contributed by atoms with Crippen LogP contribution in [0.15, 0.2) is 53.4 Å². The maximum atomic E-state index is 13.2. The summed E-state index contributed by atoms with van der Waals surface area (Å²) in [4.78, 5) is 33.0. The molecule has 0 aliphatic carbocycles. The summed E-state index contributed by atoms with van der Waals surface area (Å²) in [6.07, 6.45) is 3.24. The molecule has 164 valence electrons. The monoisotopic (exact) mass is 439 g/mol. The number of nitrogens with zero attached hydrogens (tertiary/aromatic N) is 3. The molecule has 7 heteroatoms. The minimum atomic E-state index is -0.264. The standard InChI is InChI=1S/C24H29N3O3S/c1-30-21-8-4-19(5-9-21)25-12-3-13-26(15-14-25)24(29)18-16-23(28)27(17-18)20-6-10-22(31-2)11-7-20/h4-11,18H,3,12-17H2,1-2H3. The topological polar surface area (TPSA) is 53.1 Å². The highest BCUT2D eigenvalue weighted by atomic mass is 32.2. The van der Waals surface area contributed by atoms with E-state index in [1.54, 1.807) is 23.8 Å². The highest BCUT2D eigenvalue weighted by Crippen LogP contribution is 2.28. The van der Waals surface area contributed by atoms with Crippen LogP contribution >= 0.6 is 11.8 Å². The first-order valence-electron chi connectivity index (χ1n) is 10.7. The van der Waals surface area contributed by atoms with Gasteiger partial charge in [-0.25, -0.2) is 0 Å². The molecule has 0 saturated carbocycles. The number of carbonyl (C=O) groups excluding carboxylic acids is 2. The number of ether oxygens (including phenoxy) is 1. The quantitative estimate of drug-likeness (QED) is 0.668. The number of benzene rings is 2. The molecular weight excluding hydrogens is 410 g/mol. The number of carbonyl (C=O) groups is 2. The van der Waals surface area contributed by atoms with E-state index in [2.05, 4.69) is 17.0 Å². The molecule has 2 heterocycles. The lowest BCUT2D eigenvalue weighted by Gasteiger charge is -2.25. The van der Waals surface area contributed by atoms with Gasteiger partial charge in [-0.3, -0.25) is 9.59 Å². The second kappa shape index (κ2) is 9.64. The largest absolute Gasteiger partial charge is 0.497 e. The highest BCUT2D eigenvalue weighted by molar-refractivity contribution is 7.98. The first-order valence-corrected chi connectivity index (χ1v) is 11.9. The molecule has 0 N–H and O–H groups in total. The summed E-state index contributed by atoms with van der Waals surface area (Å²) in [5, 5.41) is 0. The van der Waals surface area contributed by atoms with Crippen molar-refractivity contribution in [3.63, 3.8) is 0 Å². The molecule has 0 spiro atoms. The summed E-state index contributed by atoms with van der Waals surface area (Å²) < 4.78 is 5.24. The molecule has 2 aromatic carbocycles. The van der Waals surface area contributed by atoms with Gasteiger partial charge < -0.3 is 19.4 Å². The molecule has 2 amide bonds. The fraction of sp³-hybridized carbons (Fsp3) is 0.417. The van der Waals surface area contributed by atoms with Crippen molar-refractivity contribution in [1.29, 1.82) is 0 Å². The molecule has 0 bridgehead atoms. The zero-order valence-corrected chi connectivity index (χ0v) is 18.9. The number of anilines is 2. The van der Waals surface area contributed by atoms with Crippen LogP contribution in [0.4, 0.5) is 11.4 Å². The molecule has 2 aliphatic rings. The number of rotatable bonds is 5. The summed E-state index contributed by atoms with van der Waals surface area (Å²) in [7, 11) is 1.67. The van der Waals surface area contributed by atoms with Crippen molar-refractivity contribution in [3.8, 4) is 5.75 Å². The second-order valence-electron chi connectivity index (χ2n) is 7.97. The van der Waals surface area contributed by atoms with Crippen LogP contribution < -0.4 is 14.5 Å². The average molecular weight is 440 g/mol. The average Bonchev–Trinajstić information content (AvgIpc) is 3.04. The minimum absolute atomic E-state index is 0.0323. The lowest BCUT2D eigenvalue weighted by molar-refractivity contribution is -0.135. The summed E-state index contributed by atoms with van der Waals surface area (Å²) in [5.74, 6) is 0.715. The molecule has 2 saturated heterocycles. The maximum Gasteiger partial charge on any atom is 0.228 e. The van der Waals surface area contributed by atoms with E-state index >= 15 is 0 Å². The smallest absolute Gasteiger partial charge is 0.228 e. The van der Waals surface area contributed by atoms with Gasteiger partial charge in [-0.05, 0) is 61.2 Å². The van der Waals surface area contributed by atoms with Gasteiger partial charge in [0.1, 0.15) is 5.75 Å². The SMILES string of the molecule is COc1ccc(N2CCCN(C(=O)C3CC(=O)N(c4ccc(SC)cc4)C3)CC2)cc1. The lowest BCUT2D eigenvalue weighted by Crippen LogP contribution is -2.40. The molecule has 2 aromatic rings. The predicted octanol–water partition coefficient (Wildman–Crippen LogP) is 3.51. The van der Waals surface area contributed by atoms with E-state index < -0.39 is 0 Å². The fourth-order valence-corrected chi connectivity index (χ4v) is 4.74. The summed E-state index contributed by atoms with van der Waals surface area (Å²) in [5.41, 5.74) is 2.02. The van der Waals surface area contributed by atoms with E-state index in [9.17, 15) is 9.59 Å². The molecular formula is C24H29N3O3S. The van der Waals surface area contributed by atoms with Gasteiger partial charge >= 0.3 is 0 Å². The van der Waals surface area contributed by atoms with Gasteiger partial charge in [-0.15, -0.1) is 11.8 Å². The van der Waals surface area contributed by atoms with E-state index in [1.807, 2.05) is 47.6 Å². The van der Waals surface area contributed by atoms with Crippen LogP contribution in [0.5, 0.6) is 5.75 Å². The van der Waals surface area contributed by atoms with Crippen LogP contribution in [0.1, 0.15) is 12.8 Å². The number of thioether (sulfide) groups is 1. The van der Waals surface area contributed by atoms with E-state index in [0.717, 1.165) is 48.1 Å². The summed E-state index contributed by atoms with van der Waals surface area (Å²) in [6, 6.07) is 16.0. The van der Waals surface area contributed by atoms with E-state index in [1.165, 1.54) is 0 Å². The molecule has 31 heavy (non-hydrogen) atoms. The van der Waals surface area contributed by atoms with Gasteiger partial charge in [0.25, 0.3) is 0 Å². The van der Waals surface area contributed by atoms with Crippen molar-refractivity contribution < 1.29 is 14.3 Å². The Morgan fingerprint density at radius 3 is 2.35 bits per heavy atom. The zero-order chi connectivity index (χ0) is 21.8. The number of hydrogen-bond donors (Lipinski definition) is 0. The Morgan fingerprint density at radius 1 is 0.968 bits per heavy atom. The molecule has 1 unspecified atom stereocenters. The Hall–Kier alpha value is -2.67. The Morgan fingerprint density at radius 2 is 1.68 bits per heavy atom. The third-order valence-corrected chi connectivity index (χ3v) is 6.85. The second-order valence-corrected chi connectivity index (χ2v) is 8.85. The highest BCUT2D eigenvalue weighted by Gasteiger charge is 2.37. The van der Waals surface area contributed by atoms with Gasteiger partial charge in [-0.2, -0.15) is 0 Å². The van der Waals surface area contributed by atoms with Gasteiger partial charge in [0, 0.05) is 55.4 Å². The van der Waals surface area contributed by atoms with Crippen molar-refractivity contribution in [2.75, 3.05) is 55.9 Å². The zero-order valence-electron chi connectivity index (χ0n) is 18.1. The molecule has 4 rings (SSSR count). The van der Waals surface area contributed by atoms with Crippen molar-refractivity contribution in [3.05, 3.63) is 48.5 Å². The van der Waals surface area contributed by atoms with Crippen molar-refractivity contribution in [2.45, 2.75) is 17.7 Å². The van der Waals surface area contributed by atoms with E-state index in [0.29, 0.717) is 19.5 Å². The Bertz CT molecular complexity index is 917. The normalized spacial score (nSPS) is 19.5. The first kappa shape index (κ1) is 21.6. The number of amides is 2. The van der Waals surface area contributed by atoms with Crippen LogP contribution in [0.2, 0.25) is 0 Å². The predicted molar refractivity (Wildman–Crippen MR) is 125 cm³/mol. The third kappa shape index (κ3) is 4.82.